The Kier molecular flexibility index (Phi) is 3.64. The number of rotatable bonds is 3. The lowest BCUT2D eigenvalue weighted by molar-refractivity contribution is -0.142. The Bertz CT molecular complexity index is 549. The number of hydrogen-bond donors (Lipinski definition) is 0. The van der Waals surface area contributed by atoms with Crippen molar-refractivity contribution in [2.75, 3.05) is 6.61 Å². The van der Waals surface area contributed by atoms with E-state index < -0.39 is 0 Å². The maximum absolute atomic E-state index is 11.5. The molecule has 0 saturated carbocycles. The molecule has 0 aliphatic carbocycles. The van der Waals surface area contributed by atoms with E-state index in [1.54, 1.807) is 6.92 Å². The van der Waals surface area contributed by atoms with Gasteiger partial charge in [0.25, 0.3) is 0 Å². The Hall–Kier alpha value is -1.54. The molecule has 0 atom stereocenters. The first-order valence-electron chi connectivity index (χ1n) is 5.54. The quantitative estimate of drug-likeness (QED) is 0.776. The van der Waals surface area contributed by atoms with Crippen molar-refractivity contribution < 1.29 is 9.53 Å². The number of benzene rings is 2. The van der Waals surface area contributed by atoms with Gasteiger partial charge in [-0.15, -0.1) is 0 Å². The van der Waals surface area contributed by atoms with E-state index in [0.717, 1.165) is 16.3 Å². The third-order valence-electron chi connectivity index (χ3n) is 2.61. The van der Waals surface area contributed by atoms with Gasteiger partial charge in [-0.2, -0.15) is 0 Å². The number of carbonyl (C=O) groups is 1. The van der Waals surface area contributed by atoms with E-state index in [4.69, 9.17) is 16.3 Å². The Morgan fingerprint density at radius 3 is 2.76 bits per heavy atom. The summed E-state index contributed by atoms with van der Waals surface area (Å²) in [6.45, 7) is 2.18. The van der Waals surface area contributed by atoms with Crippen LogP contribution in [0.4, 0.5) is 0 Å². The SMILES string of the molecule is CCOC(=O)Cc1c(Cl)ccc2ccccc12. The van der Waals surface area contributed by atoms with Crippen molar-refractivity contribution in [3.05, 3.63) is 47.0 Å². The first-order valence-corrected chi connectivity index (χ1v) is 5.92. The van der Waals surface area contributed by atoms with Crippen LogP contribution < -0.4 is 0 Å². The van der Waals surface area contributed by atoms with Gasteiger partial charge in [-0.1, -0.05) is 41.9 Å². The van der Waals surface area contributed by atoms with E-state index in [0.29, 0.717) is 11.6 Å². The fraction of sp³-hybridized carbons (Fsp3) is 0.214. The molecule has 2 rings (SSSR count). The van der Waals surface area contributed by atoms with Crippen LogP contribution in [0, 0.1) is 0 Å². The van der Waals surface area contributed by atoms with Gasteiger partial charge in [-0.25, -0.2) is 0 Å². The van der Waals surface area contributed by atoms with E-state index in [2.05, 4.69) is 0 Å². The third-order valence-corrected chi connectivity index (χ3v) is 2.96. The maximum atomic E-state index is 11.5. The molecule has 0 spiro atoms. The molecule has 2 aromatic carbocycles. The van der Waals surface area contributed by atoms with Crippen molar-refractivity contribution >= 4 is 28.3 Å². The lowest BCUT2D eigenvalue weighted by Crippen LogP contribution is -2.08. The highest BCUT2D eigenvalue weighted by molar-refractivity contribution is 6.32. The van der Waals surface area contributed by atoms with Crippen LogP contribution in [0.1, 0.15) is 12.5 Å². The number of esters is 1. The van der Waals surface area contributed by atoms with E-state index in [1.165, 1.54) is 0 Å². The Morgan fingerprint density at radius 1 is 1.24 bits per heavy atom. The highest BCUT2D eigenvalue weighted by Crippen LogP contribution is 2.26. The molecular formula is C14H13ClO2. The van der Waals surface area contributed by atoms with Gasteiger partial charge in [0.2, 0.25) is 0 Å². The largest absolute Gasteiger partial charge is 0.466 e. The standard InChI is InChI=1S/C14H13ClO2/c1-2-17-14(16)9-12-11-6-4-3-5-10(11)7-8-13(12)15/h3-8H,2,9H2,1H3. The summed E-state index contributed by atoms with van der Waals surface area (Å²) < 4.78 is 4.95. The molecular weight excluding hydrogens is 236 g/mol. The van der Waals surface area contributed by atoms with E-state index in [9.17, 15) is 4.79 Å². The normalized spacial score (nSPS) is 10.5. The van der Waals surface area contributed by atoms with Crippen LogP contribution in [0.3, 0.4) is 0 Å². The fourth-order valence-electron chi connectivity index (χ4n) is 1.85. The molecule has 2 aromatic rings. The molecule has 2 nitrogen and oxygen atoms in total. The van der Waals surface area contributed by atoms with E-state index in [1.807, 2.05) is 36.4 Å². The molecule has 0 aliphatic heterocycles. The van der Waals surface area contributed by atoms with Crippen molar-refractivity contribution in [3.8, 4) is 0 Å². The van der Waals surface area contributed by atoms with Crippen LogP contribution >= 0.6 is 11.6 Å². The molecule has 0 aromatic heterocycles. The number of ether oxygens (including phenoxy) is 1. The molecule has 0 unspecified atom stereocenters. The van der Waals surface area contributed by atoms with Gasteiger partial charge in [0, 0.05) is 5.02 Å². The minimum absolute atomic E-state index is 0.216. The van der Waals surface area contributed by atoms with Crippen molar-refractivity contribution in [1.82, 2.24) is 0 Å². The summed E-state index contributed by atoms with van der Waals surface area (Å²) in [5.74, 6) is -0.245. The van der Waals surface area contributed by atoms with Gasteiger partial charge in [-0.3, -0.25) is 4.79 Å². The molecule has 0 bridgehead atoms. The molecule has 0 aliphatic rings. The molecule has 88 valence electrons. The zero-order valence-corrected chi connectivity index (χ0v) is 10.3. The molecule has 0 radical (unpaired) electrons. The average molecular weight is 249 g/mol. The van der Waals surface area contributed by atoms with Crippen molar-refractivity contribution in [1.29, 1.82) is 0 Å². The summed E-state index contributed by atoms with van der Waals surface area (Å²) in [5.41, 5.74) is 0.836. The molecule has 0 saturated heterocycles. The zero-order chi connectivity index (χ0) is 12.3. The first-order chi connectivity index (χ1) is 8.22. The lowest BCUT2D eigenvalue weighted by Gasteiger charge is -2.08. The number of fused-ring (bicyclic) bond motifs is 1. The molecule has 0 amide bonds. The molecule has 17 heavy (non-hydrogen) atoms. The predicted molar refractivity (Wildman–Crippen MR) is 69.3 cm³/mol. The van der Waals surface area contributed by atoms with E-state index in [-0.39, 0.29) is 12.4 Å². The summed E-state index contributed by atoms with van der Waals surface area (Å²) in [5, 5.41) is 2.70. The second-order valence-corrected chi connectivity index (χ2v) is 4.14. The van der Waals surface area contributed by atoms with Gasteiger partial charge in [0.05, 0.1) is 13.0 Å². The van der Waals surface area contributed by atoms with Gasteiger partial charge in [-0.05, 0) is 29.3 Å². The summed E-state index contributed by atoms with van der Waals surface area (Å²) in [7, 11) is 0. The van der Waals surface area contributed by atoms with Gasteiger partial charge >= 0.3 is 5.97 Å². The minimum Gasteiger partial charge on any atom is -0.466 e. The maximum Gasteiger partial charge on any atom is 0.310 e. The molecule has 3 heteroatoms. The minimum atomic E-state index is -0.245. The van der Waals surface area contributed by atoms with Crippen LogP contribution in [-0.2, 0) is 16.0 Å². The fourth-order valence-corrected chi connectivity index (χ4v) is 2.08. The topological polar surface area (TPSA) is 26.3 Å². The average Bonchev–Trinajstić information content (AvgIpc) is 2.33. The van der Waals surface area contributed by atoms with Gasteiger partial charge < -0.3 is 4.74 Å². The van der Waals surface area contributed by atoms with Crippen molar-refractivity contribution in [2.24, 2.45) is 0 Å². The molecule has 0 fully saturated rings. The third kappa shape index (κ3) is 2.59. The first kappa shape index (κ1) is 11.9. The van der Waals surface area contributed by atoms with Crippen LogP contribution in [-0.4, -0.2) is 12.6 Å². The second-order valence-electron chi connectivity index (χ2n) is 3.73. The smallest absolute Gasteiger partial charge is 0.310 e. The molecule has 0 heterocycles. The lowest BCUT2D eigenvalue weighted by atomic mass is 10.0. The Morgan fingerprint density at radius 2 is 2.00 bits per heavy atom. The number of carbonyl (C=O) groups excluding carboxylic acids is 1. The summed E-state index contributed by atoms with van der Waals surface area (Å²) in [6, 6.07) is 11.6. The van der Waals surface area contributed by atoms with Crippen molar-refractivity contribution in [2.45, 2.75) is 13.3 Å². The van der Waals surface area contributed by atoms with Crippen molar-refractivity contribution in [3.63, 3.8) is 0 Å². The second kappa shape index (κ2) is 5.19. The van der Waals surface area contributed by atoms with Crippen LogP contribution in [0.2, 0.25) is 5.02 Å². The van der Waals surface area contributed by atoms with Gasteiger partial charge in [0.1, 0.15) is 0 Å². The van der Waals surface area contributed by atoms with Crippen LogP contribution in [0.5, 0.6) is 0 Å². The Labute approximate surface area is 105 Å². The monoisotopic (exact) mass is 248 g/mol. The Balaban J connectivity index is 2.44. The zero-order valence-electron chi connectivity index (χ0n) is 9.57. The summed E-state index contributed by atoms with van der Waals surface area (Å²) in [4.78, 5) is 11.5. The summed E-state index contributed by atoms with van der Waals surface area (Å²) >= 11 is 6.14. The highest BCUT2D eigenvalue weighted by Gasteiger charge is 2.11. The van der Waals surface area contributed by atoms with E-state index >= 15 is 0 Å². The highest BCUT2D eigenvalue weighted by atomic mass is 35.5. The summed E-state index contributed by atoms with van der Waals surface area (Å²) in [6.07, 6.45) is 0.216. The predicted octanol–water partition coefficient (Wildman–Crippen LogP) is 3.60. The van der Waals surface area contributed by atoms with Crippen LogP contribution in [0.25, 0.3) is 10.8 Å². The van der Waals surface area contributed by atoms with Crippen LogP contribution in [0.15, 0.2) is 36.4 Å². The number of hydrogen-bond acceptors (Lipinski definition) is 2. The number of halogens is 1. The molecule has 0 N–H and O–H groups in total. The van der Waals surface area contributed by atoms with Gasteiger partial charge in [0.15, 0.2) is 0 Å².